The van der Waals surface area contributed by atoms with E-state index in [-0.39, 0.29) is 4.90 Å². The molecule has 1 amide bonds. The molecule has 0 fully saturated rings. The van der Waals surface area contributed by atoms with Crippen LogP contribution in [0.15, 0.2) is 53.4 Å². The molecule has 0 saturated heterocycles. The minimum Gasteiger partial charge on any atom is -0.452 e. The second kappa shape index (κ2) is 9.38. The first-order chi connectivity index (χ1) is 13.1. The molecular weight excluding hydrogens is 427 g/mol. The summed E-state index contributed by atoms with van der Waals surface area (Å²) < 4.78 is 30.8. The molecule has 7 nitrogen and oxygen atoms in total. The zero-order valence-corrected chi connectivity index (χ0v) is 17.4. The number of sulfonamides is 1. The average Bonchev–Trinajstić information content (AvgIpc) is 2.61. The maximum atomic E-state index is 12.5. The third kappa shape index (κ3) is 5.93. The summed E-state index contributed by atoms with van der Waals surface area (Å²) in [6.45, 7) is 0.825. The monoisotopic (exact) mass is 444 g/mol. The van der Waals surface area contributed by atoms with Gasteiger partial charge in [-0.1, -0.05) is 29.3 Å². The van der Waals surface area contributed by atoms with Crippen LogP contribution in [0.3, 0.4) is 0 Å². The van der Waals surface area contributed by atoms with Gasteiger partial charge in [-0.05, 0) is 49.4 Å². The number of anilines is 1. The number of likely N-dealkylation sites (N-methyl/N-ethyl adjacent to an activating group) is 1. The number of rotatable bonds is 7. The predicted molar refractivity (Wildman–Crippen MR) is 107 cm³/mol. The quantitative estimate of drug-likeness (QED) is 0.661. The molecular formula is C18H18Cl2N2O5S. The van der Waals surface area contributed by atoms with Crippen LogP contribution in [0.25, 0.3) is 0 Å². The fourth-order valence-corrected chi connectivity index (χ4v) is 3.58. The van der Waals surface area contributed by atoms with Gasteiger partial charge in [-0.2, -0.15) is 4.31 Å². The van der Waals surface area contributed by atoms with Gasteiger partial charge in [0.15, 0.2) is 6.10 Å². The van der Waals surface area contributed by atoms with E-state index in [4.69, 9.17) is 27.9 Å². The van der Waals surface area contributed by atoms with Gasteiger partial charge in [0.2, 0.25) is 10.0 Å². The van der Waals surface area contributed by atoms with Crippen LogP contribution >= 0.6 is 23.2 Å². The Morgan fingerprint density at radius 3 is 2.36 bits per heavy atom. The predicted octanol–water partition coefficient (Wildman–Crippen LogP) is 3.18. The molecule has 2 aromatic rings. The number of carbonyl (C=O) groups is 2. The summed E-state index contributed by atoms with van der Waals surface area (Å²) in [6, 6.07) is 12.0. The molecule has 28 heavy (non-hydrogen) atoms. The Morgan fingerprint density at radius 1 is 1.11 bits per heavy atom. The van der Waals surface area contributed by atoms with Gasteiger partial charge in [-0.25, -0.2) is 8.42 Å². The first-order valence-electron chi connectivity index (χ1n) is 8.07. The van der Waals surface area contributed by atoms with Gasteiger partial charge in [-0.3, -0.25) is 9.59 Å². The number of ether oxygens (including phenoxy) is 1. The number of hydrogen-bond acceptors (Lipinski definition) is 5. The van der Waals surface area contributed by atoms with Gasteiger partial charge in [-0.15, -0.1) is 0 Å². The lowest BCUT2D eigenvalue weighted by Crippen LogP contribution is -2.37. The Hall–Kier alpha value is -2.13. The van der Waals surface area contributed by atoms with E-state index in [9.17, 15) is 18.0 Å². The molecule has 0 aliphatic rings. The SMILES string of the molecule is C[C@@H](OC(=O)CN(C)S(=O)(=O)c1ccc(Cl)cc1)C(=O)Nc1cccc(Cl)c1. The van der Waals surface area contributed by atoms with Crippen molar-refractivity contribution in [2.24, 2.45) is 0 Å². The fraction of sp³-hybridized carbons (Fsp3) is 0.222. The molecule has 0 bridgehead atoms. The van der Waals surface area contributed by atoms with Crippen molar-refractivity contribution in [3.05, 3.63) is 58.6 Å². The highest BCUT2D eigenvalue weighted by atomic mass is 35.5. The summed E-state index contributed by atoms with van der Waals surface area (Å²) in [5.41, 5.74) is 0.447. The first kappa shape index (κ1) is 22.2. The van der Waals surface area contributed by atoms with Crippen molar-refractivity contribution in [3.8, 4) is 0 Å². The van der Waals surface area contributed by atoms with E-state index in [1.165, 1.54) is 38.2 Å². The normalized spacial score (nSPS) is 12.5. The van der Waals surface area contributed by atoms with Gasteiger partial charge in [0.25, 0.3) is 5.91 Å². The van der Waals surface area contributed by atoms with Crippen molar-refractivity contribution in [1.29, 1.82) is 0 Å². The largest absolute Gasteiger partial charge is 0.452 e. The molecule has 10 heteroatoms. The smallest absolute Gasteiger partial charge is 0.322 e. The molecule has 0 aromatic heterocycles. The van der Waals surface area contributed by atoms with E-state index in [0.29, 0.717) is 15.7 Å². The summed E-state index contributed by atoms with van der Waals surface area (Å²) in [4.78, 5) is 24.2. The third-order valence-corrected chi connectivity index (χ3v) is 5.95. The van der Waals surface area contributed by atoms with Crippen LogP contribution in [0.4, 0.5) is 5.69 Å². The van der Waals surface area contributed by atoms with E-state index < -0.39 is 34.5 Å². The van der Waals surface area contributed by atoms with Gasteiger partial charge in [0.1, 0.15) is 6.54 Å². The van der Waals surface area contributed by atoms with Gasteiger partial charge < -0.3 is 10.1 Å². The minimum atomic E-state index is -3.90. The Labute approximate surface area is 173 Å². The number of halogens is 2. The molecule has 0 aliphatic heterocycles. The van der Waals surface area contributed by atoms with E-state index in [2.05, 4.69) is 5.32 Å². The molecule has 0 aliphatic carbocycles. The number of nitrogens with zero attached hydrogens (tertiary/aromatic N) is 1. The Bertz CT molecular complexity index is 964. The summed E-state index contributed by atoms with van der Waals surface area (Å²) >= 11 is 11.6. The molecule has 1 atom stereocenters. The number of hydrogen-bond donors (Lipinski definition) is 1. The van der Waals surface area contributed by atoms with Gasteiger partial charge in [0.05, 0.1) is 4.90 Å². The molecule has 1 N–H and O–H groups in total. The van der Waals surface area contributed by atoms with E-state index in [0.717, 1.165) is 4.31 Å². The third-order valence-electron chi connectivity index (χ3n) is 3.64. The van der Waals surface area contributed by atoms with Crippen LogP contribution in [-0.4, -0.2) is 44.3 Å². The van der Waals surface area contributed by atoms with Gasteiger partial charge >= 0.3 is 5.97 Å². The second-order valence-corrected chi connectivity index (χ2v) is 8.76. The van der Waals surface area contributed by atoms with Crippen molar-refractivity contribution in [2.75, 3.05) is 18.9 Å². The molecule has 0 heterocycles. The lowest BCUT2D eigenvalue weighted by atomic mass is 10.3. The molecule has 150 valence electrons. The van der Waals surface area contributed by atoms with Crippen molar-refractivity contribution in [2.45, 2.75) is 17.9 Å². The maximum Gasteiger partial charge on any atom is 0.322 e. The van der Waals surface area contributed by atoms with E-state index in [1.807, 2.05) is 0 Å². The Balaban J connectivity index is 1.94. The molecule has 0 radical (unpaired) electrons. The van der Waals surface area contributed by atoms with Crippen LogP contribution in [0.2, 0.25) is 10.0 Å². The Kier molecular flexibility index (Phi) is 7.42. The summed E-state index contributed by atoms with van der Waals surface area (Å²) in [6.07, 6.45) is -1.13. The zero-order valence-electron chi connectivity index (χ0n) is 15.1. The van der Waals surface area contributed by atoms with Gasteiger partial charge in [0, 0.05) is 22.8 Å². The van der Waals surface area contributed by atoms with Crippen LogP contribution in [-0.2, 0) is 24.3 Å². The Morgan fingerprint density at radius 2 is 1.75 bits per heavy atom. The second-order valence-electron chi connectivity index (χ2n) is 5.85. The van der Waals surface area contributed by atoms with Crippen molar-refractivity contribution < 1.29 is 22.7 Å². The van der Waals surface area contributed by atoms with Crippen LogP contribution in [0.5, 0.6) is 0 Å². The van der Waals surface area contributed by atoms with E-state index >= 15 is 0 Å². The molecule has 2 rings (SSSR count). The van der Waals surface area contributed by atoms with Crippen LogP contribution < -0.4 is 5.32 Å². The molecule has 0 unspecified atom stereocenters. The molecule has 0 spiro atoms. The topological polar surface area (TPSA) is 92.8 Å². The van der Waals surface area contributed by atoms with Crippen LogP contribution in [0.1, 0.15) is 6.92 Å². The van der Waals surface area contributed by atoms with Crippen LogP contribution in [0, 0.1) is 0 Å². The first-order valence-corrected chi connectivity index (χ1v) is 10.3. The van der Waals surface area contributed by atoms with Crippen molar-refractivity contribution in [1.82, 2.24) is 4.31 Å². The highest BCUT2D eigenvalue weighted by Gasteiger charge is 2.25. The fourth-order valence-electron chi connectivity index (χ4n) is 2.15. The maximum absolute atomic E-state index is 12.5. The van der Waals surface area contributed by atoms with Crippen molar-refractivity contribution in [3.63, 3.8) is 0 Å². The van der Waals surface area contributed by atoms with Crippen molar-refractivity contribution >= 4 is 50.8 Å². The summed E-state index contributed by atoms with van der Waals surface area (Å²) in [5.74, 6) is -1.44. The van der Waals surface area contributed by atoms with E-state index in [1.54, 1.807) is 24.3 Å². The molecule has 2 aromatic carbocycles. The lowest BCUT2D eigenvalue weighted by molar-refractivity contribution is -0.153. The number of benzene rings is 2. The number of carbonyl (C=O) groups excluding carboxylic acids is 2. The number of nitrogens with one attached hydrogen (secondary N) is 1. The summed E-state index contributed by atoms with van der Waals surface area (Å²) in [7, 11) is -2.66. The molecule has 0 saturated carbocycles. The number of amides is 1. The summed E-state index contributed by atoms with van der Waals surface area (Å²) in [5, 5.41) is 3.39. The lowest BCUT2D eigenvalue weighted by Gasteiger charge is -2.18. The highest BCUT2D eigenvalue weighted by Crippen LogP contribution is 2.18. The number of esters is 1. The minimum absolute atomic E-state index is 0.0149. The standard InChI is InChI=1S/C18H18Cl2N2O5S/c1-12(18(24)21-15-5-3-4-14(20)10-15)27-17(23)11-22(2)28(25,26)16-8-6-13(19)7-9-16/h3-10,12H,11H2,1-2H3,(H,21,24)/t12-/m1/s1. The highest BCUT2D eigenvalue weighted by molar-refractivity contribution is 7.89. The zero-order chi connectivity index (χ0) is 20.9. The average molecular weight is 445 g/mol.